The fraction of sp³-hybridized carbons (Fsp3) is 0.250. The van der Waals surface area contributed by atoms with Crippen molar-refractivity contribution in [1.82, 2.24) is 19.5 Å². The average molecular weight is 591 g/mol. The fourth-order valence-corrected chi connectivity index (χ4v) is 4.75. The summed E-state index contributed by atoms with van der Waals surface area (Å²) < 4.78 is 7.96. The maximum atomic E-state index is 11.9. The molecule has 42 heavy (non-hydrogen) atoms. The largest absolute Gasteiger partial charge is 0.478 e. The summed E-state index contributed by atoms with van der Waals surface area (Å²) in [5.74, 6) is 4.87. The Morgan fingerprint density at radius 3 is 2.55 bits per heavy atom. The Hall–Kier alpha value is -4.47. The lowest BCUT2D eigenvalue weighted by atomic mass is 10.0. The summed E-state index contributed by atoms with van der Waals surface area (Å²) in [5.41, 5.74) is 11.6. The molecule has 0 saturated heterocycles. The average Bonchev–Trinajstić information content (AvgIpc) is 3.55. The summed E-state index contributed by atoms with van der Waals surface area (Å²) >= 11 is 6.63. The van der Waals surface area contributed by atoms with Crippen molar-refractivity contribution in [2.24, 2.45) is 18.6 Å². The third-order valence-corrected chi connectivity index (χ3v) is 6.64. The number of nitrogens with zero attached hydrogens (tertiary/aromatic N) is 3. The van der Waals surface area contributed by atoms with Crippen molar-refractivity contribution >= 4 is 39.5 Å². The zero-order chi connectivity index (χ0) is 31.0. The SMILES string of the molecule is CC.CC.CN(N)/C=C(\N)CCc1ccc(Oc2nc3cc(-c4ccc5c(ccn5C)c4)c(Cl)cc3[nH]2)cc1C(=O)O. The molecule has 6 N–H and O–H groups in total. The fourth-order valence-electron chi connectivity index (χ4n) is 4.48. The van der Waals surface area contributed by atoms with Crippen molar-refractivity contribution in [2.75, 3.05) is 7.05 Å². The third-order valence-electron chi connectivity index (χ3n) is 6.32. The molecule has 0 aliphatic carbocycles. The van der Waals surface area contributed by atoms with Crippen LogP contribution in [0.2, 0.25) is 5.02 Å². The highest BCUT2D eigenvalue weighted by atomic mass is 35.5. The van der Waals surface area contributed by atoms with Gasteiger partial charge in [-0.25, -0.2) is 10.6 Å². The first kappa shape index (κ1) is 32.0. The van der Waals surface area contributed by atoms with Gasteiger partial charge in [-0.2, -0.15) is 4.98 Å². The molecule has 0 aliphatic rings. The van der Waals surface area contributed by atoms with Crippen LogP contribution in [0.4, 0.5) is 0 Å². The molecule has 0 spiro atoms. The number of nitrogens with two attached hydrogens (primary N) is 2. The lowest BCUT2D eigenvalue weighted by molar-refractivity contribution is 0.0695. The van der Waals surface area contributed by atoms with E-state index in [2.05, 4.69) is 32.7 Å². The molecule has 0 radical (unpaired) electrons. The van der Waals surface area contributed by atoms with E-state index in [0.29, 0.717) is 45.9 Å². The first-order chi connectivity index (χ1) is 20.2. The number of halogens is 1. The van der Waals surface area contributed by atoms with E-state index in [4.69, 9.17) is 27.9 Å². The van der Waals surface area contributed by atoms with Crippen LogP contribution in [-0.2, 0) is 13.5 Å². The number of ether oxygens (including phenoxy) is 1. The van der Waals surface area contributed by atoms with Crippen LogP contribution in [0, 0.1) is 0 Å². The van der Waals surface area contributed by atoms with E-state index in [1.165, 1.54) is 11.1 Å². The van der Waals surface area contributed by atoms with Crippen LogP contribution in [0.1, 0.15) is 50.0 Å². The number of hydrazine groups is 1. The van der Waals surface area contributed by atoms with Gasteiger partial charge in [-0.3, -0.25) is 0 Å². The summed E-state index contributed by atoms with van der Waals surface area (Å²) in [6.07, 6.45) is 4.52. The molecule has 0 fully saturated rings. The van der Waals surface area contributed by atoms with Gasteiger partial charge in [0.2, 0.25) is 0 Å². The lowest BCUT2D eigenvalue weighted by Gasteiger charge is -2.11. The Morgan fingerprint density at radius 1 is 1.12 bits per heavy atom. The van der Waals surface area contributed by atoms with E-state index in [-0.39, 0.29) is 11.6 Å². The number of imidazole rings is 1. The number of carboxylic acids is 1. The zero-order valence-corrected chi connectivity index (χ0v) is 25.7. The summed E-state index contributed by atoms with van der Waals surface area (Å²) in [4.78, 5) is 19.6. The van der Waals surface area contributed by atoms with E-state index in [0.717, 1.165) is 22.0 Å². The van der Waals surface area contributed by atoms with Gasteiger partial charge in [0, 0.05) is 48.7 Å². The van der Waals surface area contributed by atoms with Crippen LogP contribution in [0.5, 0.6) is 11.8 Å². The molecule has 5 rings (SSSR count). The van der Waals surface area contributed by atoms with E-state index in [9.17, 15) is 9.90 Å². The molecule has 5 aromatic rings. The van der Waals surface area contributed by atoms with Crippen LogP contribution in [0.25, 0.3) is 33.1 Å². The number of allylic oxidation sites excluding steroid dienone is 1. The number of H-pyrrole nitrogens is 1. The number of rotatable bonds is 8. The molecule has 9 nitrogen and oxygen atoms in total. The smallest absolute Gasteiger partial charge is 0.336 e. The minimum absolute atomic E-state index is 0.133. The van der Waals surface area contributed by atoms with Crippen LogP contribution in [0.3, 0.4) is 0 Å². The molecule has 2 heterocycles. The van der Waals surface area contributed by atoms with Gasteiger partial charge in [0.25, 0.3) is 6.01 Å². The molecule has 0 amide bonds. The third kappa shape index (κ3) is 7.43. The van der Waals surface area contributed by atoms with Gasteiger partial charge in [-0.1, -0.05) is 51.4 Å². The van der Waals surface area contributed by atoms with Crippen LogP contribution < -0.4 is 16.3 Å². The number of aromatic nitrogens is 3. The Bertz CT molecular complexity index is 1700. The second kappa shape index (κ2) is 14.4. The molecule has 0 atom stereocenters. The molecule has 222 valence electrons. The van der Waals surface area contributed by atoms with Crippen LogP contribution in [-0.4, -0.2) is 37.7 Å². The van der Waals surface area contributed by atoms with Gasteiger partial charge < -0.3 is 30.1 Å². The predicted octanol–water partition coefficient (Wildman–Crippen LogP) is 7.46. The maximum absolute atomic E-state index is 11.9. The highest BCUT2D eigenvalue weighted by molar-refractivity contribution is 6.34. The lowest BCUT2D eigenvalue weighted by Crippen LogP contribution is -2.21. The monoisotopic (exact) mass is 590 g/mol. The van der Waals surface area contributed by atoms with Gasteiger partial charge in [-0.05, 0) is 66.4 Å². The van der Waals surface area contributed by atoms with E-state index in [1.807, 2.05) is 59.1 Å². The molecule has 0 saturated carbocycles. The Kier molecular flexibility index (Phi) is 11.0. The number of aryl methyl sites for hydroxylation is 2. The Labute approximate surface area is 251 Å². The van der Waals surface area contributed by atoms with E-state index < -0.39 is 5.97 Å². The van der Waals surface area contributed by atoms with E-state index >= 15 is 0 Å². The summed E-state index contributed by atoms with van der Waals surface area (Å²) in [6.45, 7) is 8.00. The van der Waals surface area contributed by atoms with Gasteiger partial charge >= 0.3 is 5.97 Å². The molecule has 3 aromatic carbocycles. The summed E-state index contributed by atoms with van der Waals surface area (Å²) in [5, 5.41) is 12.8. The molecule has 0 unspecified atom stereocenters. The van der Waals surface area contributed by atoms with Gasteiger partial charge in [0.05, 0.1) is 21.6 Å². The number of aromatic amines is 1. The zero-order valence-electron chi connectivity index (χ0n) is 24.9. The van der Waals surface area contributed by atoms with Crippen molar-refractivity contribution < 1.29 is 14.6 Å². The minimum atomic E-state index is -1.06. The highest BCUT2D eigenvalue weighted by Crippen LogP contribution is 2.34. The normalized spacial score (nSPS) is 11.0. The van der Waals surface area contributed by atoms with Crippen molar-refractivity contribution in [3.05, 3.63) is 88.8 Å². The maximum Gasteiger partial charge on any atom is 0.336 e. The molecule has 10 heteroatoms. The number of aromatic carboxylic acids is 1. The van der Waals surface area contributed by atoms with Crippen molar-refractivity contribution in [3.63, 3.8) is 0 Å². The molecule has 0 aliphatic heterocycles. The molecule has 0 bridgehead atoms. The summed E-state index contributed by atoms with van der Waals surface area (Å²) in [6, 6.07) is 17.1. The number of hydrogen-bond donors (Lipinski definition) is 4. The second-order valence-electron chi connectivity index (χ2n) is 9.19. The number of carbonyl (C=O) groups is 1. The van der Waals surface area contributed by atoms with Crippen LogP contribution in [0.15, 0.2) is 72.7 Å². The van der Waals surface area contributed by atoms with Gasteiger partial charge in [0.15, 0.2) is 0 Å². The van der Waals surface area contributed by atoms with Gasteiger partial charge in [-0.15, -0.1) is 0 Å². The summed E-state index contributed by atoms with van der Waals surface area (Å²) in [7, 11) is 3.67. The number of nitrogens with one attached hydrogen (secondary N) is 1. The Balaban J connectivity index is 0.00000116. The number of benzene rings is 3. The second-order valence-corrected chi connectivity index (χ2v) is 9.59. The number of fused-ring (bicyclic) bond motifs is 2. The van der Waals surface area contributed by atoms with Crippen LogP contribution >= 0.6 is 11.6 Å². The molecular weight excluding hydrogens is 552 g/mol. The number of hydrogen-bond acceptors (Lipinski definition) is 6. The van der Waals surface area contributed by atoms with Crippen molar-refractivity contribution in [2.45, 2.75) is 40.5 Å². The van der Waals surface area contributed by atoms with Crippen molar-refractivity contribution in [1.29, 1.82) is 0 Å². The number of carboxylic acid groups (broad SMARTS) is 1. The minimum Gasteiger partial charge on any atom is -0.478 e. The Morgan fingerprint density at radius 2 is 1.86 bits per heavy atom. The standard InChI is InChI=1S/C28H27ClN6O3.2C2H6/c1-34-10-9-18-11-17(5-8-26(18)34)21-13-24-25(14-23(21)29)33-28(32-24)38-20-7-4-16(22(12-20)27(36)37)3-6-19(30)15-35(2)31;2*1-2/h4-5,7-15H,3,6,30-31H2,1-2H3,(H,32,33)(H,36,37);2*1-2H3/b19-15-;;. The quantitative estimate of drug-likeness (QED) is 0.109. The highest BCUT2D eigenvalue weighted by Gasteiger charge is 2.15. The molecular formula is C32H39ClN6O3. The first-order valence-electron chi connectivity index (χ1n) is 13.9. The van der Waals surface area contributed by atoms with Gasteiger partial charge in [0.1, 0.15) is 5.75 Å². The van der Waals surface area contributed by atoms with Crippen molar-refractivity contribution in [3.8, 4) is 22.9 Å². The van der Waals surface area contributed by atoms with E-state index in [1.54, 1.807) is 25.4 Å². The molecule has 2 aromatic heterocycles. The topological polar surface area (TPSA) is 135 Å². The predicted molar refractivity (Wildman–Crippen MR) is 172 cm³/mol. The first-order valence-corrected chi connectivity index (χ1v) is 14.3.